The normalized spacial score (nSPS) is 14.0. The van der Waals surface area contributed by atoms with Gasteiger partial charge in [-0.3, -0.25) is 14.9 Å². The largest absolute Gasteiger partial charge is 0.353 e. The second-order valence-electron chi connectivity index (χ2n) is 7.05. The Bertz CT molecular complexity index is 1130. The van der Waals surface area contributed by atoms with Crippen LogP contribution in [0.2, 0.25) is 5.15 Å². The highest BCUT2D eigenvalue weighted by Gasteiger charge is 2.28. The second kappa shape index (κ2) is 8.31. The van der Waals surface area contributed by atoms with Gasteiger partial charge in [0.25, 0.3) is 11.6 Å². The molecule has 0 unspecified atom stereocenters. The van der Waals surface area contributed by atoms with Crippen molar-refractivity contribution in [1.29, 1.82) is 0 Å². The van der Waals surface area contributed by atoms with E-state index in [1.54, 1.807) is 17.9 Å². The molecule has 4 rings (SSSR count). The molecule has 0 saturated carbocycles. The summed E-state index contributed by atoms with van der Waals surface area (Å²) in [6.45, 7) is 3.64. The molecule has 0 atom stereocenters. The van der Waals surface area contributed by atoms with Crippen molar-refractivity contribution < 1.29 is 14.1 Å². The molecule has 3 aromatic rings. The minimum Gasteiger partial charge on any atom is -0.353 e. The van der Waals surface area contributed by atoms with Crippen molar-refractivity contribution >= 4 is 29.0 Å². The number of aryl methyl sites for hydroxylation is 1. The first-order valence-electron chi connectivity index (χ1n) is 9.51. The lowest BCUT2D eigenvalue weighted by Gasteiger charge is -2.35. The summed E-state index contributed by atoms with van der Waals surface area (Å²) in [7, 11) is 0. The van der Waals surface area contributed by atoms with Crippen LogP contribution in [0, 0.1) is 22.9 Å². The minimum absolute atomic E-state index is 0.0687. The molecule has 1 fully saturated rings. The molecule has 0 aliphatic carbocycles. The smallest absolute Gasteiger partial charge is 0.287 e. The van der Waals surface area contributed by atoms with Crippen LogP contribution in [0.5, 0.6) is 0 Å². The van der Waals surface area contributed by atoms with Gasteiger partial charge in [0, 0.05) is 32.2 Å². The number of pyridine rings is 1. The van der Waals surface area contributed by atoms with Crippen molar-refractivity contribution in [2.45, 2.75) is 6.92 Å². The Hall–Kier alpha value is -3.53. The number of carbonyl (C=O) groups is 1. The lowest BCUT2D eigenvalue weighted by Crippen LogP contribution is -2.49. The third-order valence-electron chi connectivity index (χ3n) is 5.12. The SMILES string of the molecule is Cc1nn(-c2ccc(F)cc2)c(Cl)c1C(=O)N1CCN(c2ccc([N+](=O)[O-])cn2)CC1. The Morgan fingerprint density at radius 2 is 1.81 bits per heavy atom. The summed E-state index contributed by atoms with van der Waals surface area (Å²) in [6.07, 6.45) is 1.22. The summed E-state index contributed by atoms with van der Waals surface area (Å²) >= 11 is 6.47. The highest BCUT2D eigenvalue weighted by molar-refractivity contribution is 6.33. The second-order valence-corrected chi connectivity index (χ2v) is 7.41. The Morgan fingerprint density at radius 3 is 2.39 bits per heavy atom. The van der Waals surface area contributed by atoms with Crippen LogP contribution in [0.1, 0.15) is 16.1 Å². The van der Waals surface area contributed by atoms with E-state index in [9.17, 15) is 19.3 Å². The van der Waals surface area contributed by atoms with Crippen molar-refractivity contribution in [1.82, 2.24) is 19.7 Å². The van der Waals surface area contributed by atoms with Crippen LogP contribution in [0.25, 0.3) is 5.69 Å². The molecule has 0 spiro atoms. The molecule has 0 radical (unpaired) electrons. The van der Waals surface area contributed by atoms with Crippen LogP contribution in [-0.2, 0) is 0 Å². The topological polar surface area (TPSA) is 97.4 Å². The van der Waals surface area contributed by atoms with Gasteiger partial charge in [0.2, 0.25) is 0 Å². The third kappa shape index (κ3) is 4.06. The van der Waals surface area contributed by atoms with Gasteiger partial charge in [0.05, 0.1) is 21.9 Å². The number of rotatable bonds is 4. The molecule has 1 aliphatic heterocycles. The zero-order valence-electron chi connectivity index (χ0n) is 16.5. The predicted octanol–water partition coefficient (Wildman–Crippen LogP) is 3.24. The molecule has 0 bridgehead atoms. The van der Waals surface area contributed by atoms with E-state index in [1.165, 1.54) is 41.2 Å². The maximum Gasteiger partial charge on any atom is 0.287 e. The molecule has 1 aliphatic rings. The highest BCUT2D eigenvalue weighted by atomic mass is 35.5. The van der Waals surface area contributed by atoms with Crippen LogP contribution in [0.3, 0.4) is 0 Å². The Labute approximate surface area is 181 Å². The summed E-state index contributed by atoms with van der Waals surface area (Å²) < 4.78 is 14.6. The van der Waals surface area contributed by atoms with Crippen molar-refractivity contribution in [2.75, 3.05) is 31.1 Å². The fraction of sp³-hybridized carbons (Fsp3) is 0.250. The third-order valence-corrected chi connectivity index (χ3v) is 5.47. The lowest BCUT2D eigenvalue weighted by atomic mass is 10.2. The number of hydrogen-bond donors (Lipinski definition) is 0. The van der Waals surface area contributed by atoms with Gasteiger partial charge in [0.1, 0.15) is 23.0 Å². The number of hydrogen-bond acceptors (Lipinski definition) is 6. The molecular weight excluding hydrogens is 427 g/mol. The van der Waals surface area contributed by atoms with E-state index in [1.807, 2.05) is 4.90 Å². The number of halogens is 2. The summed E-state index contributed by atoms with van der Waals surface area (Å²) in [5, 5.41) is 15.3. The molecule has 3 heterocycles. The van der Waals surface area contributed by atoms with E-state index in [2.05, 4.69) is 10.1 Å². The van der Waals surface area contributed by atoms with Gasteiger partial charge < -0.3 is 9.80 Å². The Morgan fingerprint density at radius 1 is 1.13 bits per heavy atom. The number of benzene rings is 1. The molecule has 0 N–H and O–H groups in total. The molecule has 11 heteroatoms. The zero-order valence-corrected chi connectivity index (χ0v) is 17.3. The van der Waals surface area contributed by atoms with Crippen molar-refractivity contribution in [3.63, 3.8) is 0 Å². The fourth-order valence-corrected chi connectivity index (χ4v) is 3.82. The zero-order chi connectivity index (χ0) is 22.1. The maximum atomic E-state index is 13.2. The van der Waals surface area contributed by atoms with E-state index >= 15 is 0 Å². The van der Waals surface area contributed by atoms with E-state index in [-0.39, 0.29) is 22.6 Å². The standard InChI is InChI=1S/C20H18ClFN6O3/c1-13-18(19(21)27(24-13)15-4-2-14(22)3-5-15)20(29)26-10-8-25(9-11-26)17-7-6-16(12-23-17)28(30)31/h2-7,12H,8-11H2,1H3. The van der Waals surface area contributed by atoms with Crippen LogP contribution in [-0.4, -0.2) is 56.7 Å². The van der Waals surface area contributed by atoms with E-state index in [4.69, 9.17) is 11.6 Å². The predicted molar refractivity (Wildman–Crippen MR) is 112 cm³/mol. The number of amides is 1. The summed E-state index contributed by atoms with van der Waals surface area (Å²) in [4.78, 5) is 31.2. The maximum absolute atomic E-state index is 13.2. The molecule has 9 nitrogen and oxygen atoms in total. The number of anilines is 1. The summed E-state index contributed by atoms with van der Waals surface area (Å²) in [5.74, 6) is 0.0173. The molecule has 1 saturated heterocycles. The first-order valence-corrected chi connectivity index (χ1v) is 9.88. The quantitative estimate of drug-likeness (QED) is 0.452. The monoisotopic (exact) mass is 444 g/mol. The first kappa shape index (κ1) is 20.7. The van der Waals surface area contributed by atoms with Gasteiger partial charge in [-0.15, -0.1) is 0 Å². The van der Waals surface area contributed by atoms with Gasteiger partial charge in [-0.05, 0) is 37.3 Å². The van der Waals surface area contributed by atoms with Crippen molar-refractivity contribution in [2.24, 2.45) is 0 Å². The summed E-state index contributed by atoms with van der Waals surface area (Å²) in [6, 6.07) is 8.69. The number of nitro groups is 1. The molecule has 1 aromatic carbocycles. The van der Waals surface area contributed by atoms with Crippen molar-refractivity contribution in [3.05, 3.63) is 74.9 Å². The molecular formula is C20H18ClFN6O3. The van der Waals surface area contributed by atoms with Gasteiger partial charge in [-0.25, -0.2) is 14.1 Å². The van der Waals surface area contributed by atoms with Gasteiger partial charge in [-0.2, -0.15) is 5.10 Å². The van der Waals surface area contributed by atoms with E-state index < -0.39 is 4.92 Å². The lowest BCUT2D eigenvalue weighted by molar-refractivity contribution is -0.385. The van der Waals surface area contributed by atoms with Crippen LogP contribution >= 0.6 is 11.6 Å². The number of nitrogens with zero attached hydrogens (tertiary/aromatic N) is 6. The number of piperazine rings is 1. The van der Waals surface area contributed by atoms with Gasteiger partial charge >= 0.3 is 0 Å². The van der Waals surface area contributed by atoms with E-state index in [0.29, 0.717) is 48.9 Å². The van der Waals surface area contributed by atoms with Gasteiger partial charge in [-0.1, -0.05) is 11.6 Å². The Balaban J connectivity index is 1.47. The Kier molecular flexibility index (Phi) is 5.55. The fourth-order valence-electron chi connectivity index (χ4n) is 3.47. The number of aromatic nitrogens is 3. The summed E-state index contributed by atoms with van der Waals surface area (Å²) in [5.41, 5.74) is 1.29. The minimum atomic E-state index is -0.494. The number of carbonyl (C=O) groups excluding carboxylic acids is 1. The molecule has 2 aromatic heterocycles. The van der Waals surface area contributed by atoms with Crippen molar-refractivity contribution in [3.8, 4) is 5.69 Å². The average molecular weight is 445 g/mol. The van der Waals surface area contributed by atoms with Crippen LogP contribution < -0.4 is 4.90 Å². The van der Waals surface area contributed by atoms with Crippen LogP contribution in [0.4, 0.5) is 15.9 Å². The average Bonchev–Trinajstić information content (AvgIpc) is 3.08. The molecule has 31 heavy (non-hydrogen) atoms. The molecule has 1 amide bonds. The molecule has 160 valence electrons. The highest BCUT2D eigenvalue weighted by Crippen LogP contribution is 2.26. The first-order chi connectivity index (χ1) is 14.8. The van der Waals surface area contributed by atoms with Crippen LogP contribution in [0.15, 0.2) is 42.6 Å². The van der Waals surface area contributed by atoms with E-state index in [0.717, 1.165) is 0 Å². The van der Waals surface area contributed by atoms with Gasteiger partial charge in [0.15, 0.2) is 0 Å².